The Morgan fingerprint density at radius 2 is 1.84 bits per heavy atom. The Kier molecular flexibility index (Phi) is 6.28. The fraction of sp³-hybridized carbons (Fsp3) is 0.857. The molecule has 1 aliphatic rings. The second-order valence-electron chi connectivity index (χ2n) is 5.78. The predicted molar refractivity (Wildman–Crippen MR) is 73.9 cm³/mol. The van der Waals surface area contributed by atoms with Crippen molar-refractivity contribution < 1.29 is 14.7 Å². The Labute approximate surface area is 115 Å². The average molecular weight is 270 g/mol. The van der Waals surface area contributed by atoms with E-state index in [-0.39, 0.29) is 12.5 Å². The quantitative estimate of drug-likeness (QED) is 0.655. The van der Waals surface area contributed by atoms with Crippen LogP contribution in [-0.2, 0) is 9.59 Å². The third-order valence-electron chi connectivity index (χ3n) is 3.79. The fourth-order valence-electron chi connectivity index (χ4n) is 2.53. The van der Waals surface area contributed by atoms with Crippen LogP contribution < -0.4 is 10.6 Å². The third-order valence-corrected chi connectivity index (χ3v) is 3.79. The molecule has 1 amide bonds. The van der Waals surface area contributed by atoms with Crippen LogP contribution in [0, 0.1) is 5.41 Å². The maximum atomic E-state index is 11.7. The molecule has 0 radical (unpaired) electrons. The molecule has 0 atom stereocenters. The number of rotatable bonds is 7. The molecular weight excluding hydrogens is 244 g/mol. The molecular formula is C14H26N2O3. The van der Waals surface area contributed by atoms with E-state index in [9.17, 15) is 14.7 Å². The molecule has 3 N–H and O–H groups in total. The van der Waals surface area contributed by atoms with Gasteiger partial charge >= 0.3 is 5.97 Å². The molecule has 0 bridgehead atoms. The highest BCUT2D eigenvalue weighted by molar-refractivity contribution is 5.79. The van der Waals surface area contributed by atoms with E-state index in [0.29, 0.717) is 31.8 Å². The normalized spacial score (nSPS) is 18.3. The van der Waals surface area contributed by atoms with Crippen molar-refractivity contribution in [3.8, 4) is 0 Å². The molecule has 0 aliphatic heterocycles. The molecule has 19 heavy (non-hydrogen) atoms. The Morgan fingerprint density at radius 3 is 2.37 bits per heavy atom. The summed E-state index contributed by atoms with van der Waals surface area (Å²) in [5.74, 6) is -0.841. The fourth-order valence-corrected chi connectivity index (χ4v) is 2.53. The van der Waals surface area contributed by atoms with Gasteiger partial charge in [0.1, 0.15) is 0 Å². The number of aliphatic carboxylic acids is 1. The van der Waals surface area contributed by atoms with E-state index in [2.05, 4.69) is 10.6 Å². The summed E-state index contributed by atoms with van der Waals surface area (Å²) < 4.78 is 0. The molecule has 0 spiro atoms. The first-order valence-electron chi connectivity index (χ1n) is 7.20. The summed E-state index contributed by atoms with van der Waals surface area (Å²) in [6.45, 7) is 4.95. The molecule has 0 aromatic heterocycles. The lowest BCUT2D eigenvalue weighted by Crippen LogP contribution is -2.44. The van der Waals surface area contributed by atoms with Gasteiger partial charge in [-0.25, -0.2) is 0 Å². The summed E-state index contributed by atoms with van der Waals surface area (Å²) in [4.78, 5) is 23.1. The first kappa shape index (κ1) is 16.0. The van der Waals surface area contributed by atoms with Crippen LogP contribution in [0.25, 0.3) is 0 Å². The molecule has 5 nitrogen and oxygen atoms in total. The van der Waals surface area contributed by atoms with Gasteiger partial charge < -0.3 is 15.7 Å². The van der Waals surface area contributed by atoms with Gasteiger partial charge in [-0.15, -0.1) is 0 Å². The third kappa shape index (κ3) is 5.19. The van der Waals surface area contributed by atoms with Crippen molar-refractivity contribution in [2.24, 2.45) is 5.41 Å². The predicted octanol–water partition coefficient (Wildman–Crippen LogP) is 1.53. The van der Waals surface area contributed by atoms with E-state index in [1.54, 1.807) is 0 Å². The number of carbonyl (C=O) groups is 2. The van der Waals surface area contributed by atoms with Crippen LogP contribution in [0.5, 0.6) is 0 Å². The van der Waals surface area contributed by atoms with Crippen molar-refractivity contribution in [3.05, 3.63) is 0 Å². The summed E-state index contributed by atoms with van der Waals surface area (Å²) in [5.41, 5.74) is -0.737. The molecule has 1 rings (SSSR count). The van der Waals surface area contributed by atoms with Crippen LogP contribution in [0.15, 0.2) is 0 Å². The number of nitrogens with one attached hydrogen (secondary N) is 2. The van der Waals surface area contributed by atoms with Gasteiger partial charge in [-0.3, -0.25) is 9.59 Å². The second-order valence-corrected chi connectivity index (χ2v) is 5.78. The Bertz CT molecular complexity index is 310. The SMILES string of the molecule is CC(C)NCCC(=O)NCC1(C(=O)O)CCCCC1. The van der Waals surface area contributed by atoms with Gasteiger partial charge in [-0.2, -0.15) is 0 Å². The molecule has 0 aromatic carbocycles. The van der Waals surface area contributed by atoms with E-state index in [1.165, 1.54) is 0 Å². The Balaban J connectivity index is 2.35. The first-order chi connectivity index (χ1) is 8.96. The topological polar surface area (TPSA) is 78.4 Å². The lowest BCUT2D eigenvalue weighted by Gasteiger charge is -2.33. The average Bonchev–Trinajstić information content (AvgIpc) is 2.37. The molecule has 1 fully saturated rings. The maximum absolute atomic E-state index is 11.7. The van der Waals surface area contributed by atoms with Crippen molar-refractivity contribution in [1.29, 1.82) is 0 Å². The zero-order valence-corrected chi connectivity index (χ0v) is 12.0. The summed E-state index contributed by atoms with van der Waals surface area (Å²) in [6.07, 6.45) is 4.73. The van der Waals surface area contributed by atoms with Crippen molar-refractivity contribution in [1.82, 2.24) is 10.6 Å². The number of carbonyl (C=O) groups excluding carboxylic acids is 1. The maximum Gasteiger partial charge on any atom is 0.311 e. The summed E-state index contributed by atoms with van der Waals surface area (Å²) in [7, 11) is 0. The lowest BCUT2D eigenvalue weighted by molar-refractivity contribution is -0.151. The zero-order chi connectivity index (χ0) is 14.3. The minimum absolute atomic E-state index is 0.0700. The summed E-state index contributed by atoms with van der Waals surface area (Å²) in [6, 6.07) is 0.358. The van der Waals surface area contributed by atoms with Crippen LogP contribution in [0.1, 0.15) is 52.4 Å². The number of hydrogen-bond acceptors (Lipinski definition) is 3. The monoisotopic (exact) mass is 270 g/mol. The van der Waals surface area contributed by atoms with E-state index >= 15 is 0 Å². The standard InChI is InChI=1S/C14H26N2O3/c1-11(2)15-9-6-12(17)16-10-14(13(18)19)7-4-3-5-8-14/h11,15H,3-10H2,1-2H3,(H,16,17)(H,18,19). The van der Waals surface area contributed by atoms with Crippen LogP contribution in [0.4, 0.5) is 0 Å². The second kappa shape index (κ2) is 7.48. The highest BCUT2D eigenvalue weighted by Crippen LogP contribution is 2.35. The number of carboxylic acids is 1. The summed E-state index contributed by atoms with van der Waals surface area (Å²) in [5, 5.41) is 15.3. The van der Waals surface area contributed by atoms with E-state index < -0.39 is 11.4 Å². The molecule has 0 aromatic rings. The summed E-state index contributed by atoms with van der Waals surface area (Å²) >= 11 is 0. The Hall–Kier alpha value is -1.10. The molecule has 5 heteroatoms. The van der Waals surface area contributed by atoms with Gasteiger partial charge in [0.25, 0.3) is 0 Å². The van der Waals surface area contributed by atoms with Crippen molar-refractivity contribution >= 4 is 11.9 Å². The minimum atomic E-state index is -0.771. The van der Waals surface area contributed by atoms with Crippen LogP contribution >= 0.6 is 0 Å². The van der Waals surface area contributed by atoms with Crippen molar-refractivity contribution in [3.63, 3.8) is 0 Å². The van der Waals surface area contributed by atoms with Gasteiger partial charge in [0, 0.05) is 25.6 Å². The highest BCUT2D eigenvalue weighted by atomic mass is 16.4. The van der Waals surface area contributed by atoms with Crippen LogP contribution in [-0.4, -0.2) is 36.1 Å². The van der Waals surface area contributed by atoms with Gasteiger partial charge in [-0.05, 0) is 12.8 Å². The van der Waals surface area contributed by atoms with E-state index in [4.69, 9.17) is 0 Å². The van der Waals surface area contributed by atoms with Gasteiger partial charge in [-0.1, -0.05) is 33.1 Å². The highest BCUT2D eigenvalue weighted by Gasteiger charge is 2.39. The van der Waals surface area contributed by atoms with E-state index in [0.717, 1.165) is 19.3 Å². The molecule has 0 unspecified atom stereocenters. The van der Waals surface area contributed by atoms with Gasteiger partial charge in [0.05, 0.1) is 5.41 Å². The number of hydrogen-bond donors (Lipinski definition) is 3. The number of amides is 1. The lowest BCUT2D eigenvalue weighted by atomic mass is 9.74. The largest absolute Gasteiger partial charge is 0.481 e. The van der Waals surface area contributed by atoms with Crippen LogP contribution in [0.3, 0.4) is 0 Å². The molecule has 110 valence electrons. The van der Waals surface area contributed by atoms with Crippen molar-refractivity contribution in [2.75, 3.05) is 13.1 Å². The minimum Gasteiger partial charge on any atom is -0.481 e. The zero-order valence-electron chi connectivity index (χ0n) is 12.0. The van der Waals surface area contributed by atoms with Gasteiger partial charge in [0.2, 0.25) is 5.91 Å². The van der Waals surface area contributed by atoms with Crippen LogP contribution in [0.2, 0.25) is 0 Å². The molecule has 0 heterocycles. The van der Waals surface area contributed by atoms with Crippen molar-refractivity contribution in [2.45, 2.75) is 58.4 Å². The molecule has 1 saturated carbocycles. The Morgan fingerprint density at radius 1 is 1.21 bits per heavy atom. The first-order valence-corrected chi connectivity index (χ1v) is 7.20. The smallest absolute Gasteiger partial charge is 0.311 e. The molecule has 1 aliphatic carbocycles. The number of carboxylic acid groups (broad SMARTS) is 1. The van der Waals surface area contributed by atoms with E-state index in [1.807, 2.05) is 13.8 Å². The molecule has 0 saturated heterocycles. The van der Waals surface area contributed by atoms with Gasteiger partial charge in [0.15, 0.2) is 0 Å².